The van der Waals surface area contributed by atoms with Gasteiger partial charge in [-0.25, -0.2) is 4.39 Å². The first-order valence-electron chi connectivity index (χ1n) is 6.70. The van der Waals surface area contributed by atoms with Crippen molar-refractivity contribution in [1.29, 1.82) is 0 Å². The highest BCUT2D eigenvalue weighted by atomic mass is 19.1. The quantitative estimate of drug-likeness (QED) is 0.841. The van der Waals surface area contributed by atoms with Crippen molar-refractivity contribution in [2.45, 2.75) is 20.3 Å². The topological polar surface area (TPSA) is 29.5 Å². The zero-order chi connectivity index (χ0) is 13.8. The molecule has 1 aromatic carbocycles. The third kappa shape index (κ3) is 3.94. The lowest BCUT2D eigenvalue weighted by atomic mass is 9.92. The van der Waals surface area contributed by atoms with Crippen molar-refractivity contribution in [2.75, 3.05) is 19.7 Å². The van der Waals surface area contributed by atoms with Gasteiger partial charge in [-0.2, -0.15) is 0 Å². The van der Waals surface area contributed by atoms with E-state index >= 15 is 0 Å². The van der Waals surface area contributed by atoms with Crippen LogP contribution in [-0.2, 0) is 4.79 Å². The van der Waals surface area contributed by atoms with Crippen molar-refractivity contribution >= 4 is 5.91 Å². The molecule has 2 unspecified atom stereocenters. The van der Waals surface area contributed by atoms with Crippen LogP contribution in [0.2, 0.25) is 0 Å². The van der Waals surface area contributed by atoms with Crippen LogP contribution in [0, 0.1) is 17.7 Å². The van der Waals surface area contributed by atoms with Gasteiger partial charge >= 0.3 is 0 Å². The van der Waals surface area contributed by atoms with E-state index in [1.54, 1.807) is 0 Å². The van der Waals surface area contributed by atoms with Gasteiger partial charge in [-0.05, 0) is 42.5 Å². The smallest absolute Gasteiger partial charge is 0.260 e. The number of halogens is 1. The fraction of sp³-hybridized carbons (Fsp3) is 0.533. The third-order valence-corrected chi connectivity index (χ3v) is 3.40. The summed E-state index contributed by atoms with van der Waals surface area (Å²) in [5.41, 5.74) is 0. The highest BCUT2D eigenvalue weighted by Crippen LogP contribution is 2.21. The molecule has 1 aliphatic heterocycles. The normalized spacial score (nSPS) is 23.2. The Morgan fingerprint density at radius 1 is 1.26 bits per heavy atom. The van der Waals surface area contributed by atoms with Gasteiger partial charge in [0, 0.05) is 13.1 Å². The van der Waals surface area contributed by atoms with Crippen LogP contribution in [-0.4, -0.2) is 30.5 Å². The second kappa shape index (κ2) is 6.04. The van der Waals surface area contributed by atoms with Gasteiger partial charge in [0.1, 0.15) is 11.6 Å². The van der Waals surface area contributed by atoms with Crippen LogP contribution >= 0.6 is 0 Å². The van der Waals surface area contributed by atoms with Crippen molar-refractivity contribution in [2.24, 2.45) is 11.8 Å². The van der Waals surface area contributed by atoms with Crippen LogP contribution < -0.4 is 4.74 Å². The van der Waals surface area contributed by atoms with Crippen molar-refractivity contribution < 1.29 is 13.9 Å². The molecule has 1 amide bonds. The van der Waals surface area contributed by atoms with E-state index in [-0.39, 0.29) is 18.3 Å². The molecule has 1 saturated heterocycles. The summed E-state index contributed by atoms with van der Waals surface area (Å²) < 4.78 is 18.1. The van der Waals surface area contributed by atoms with E-state index in [9.17, 15) is 9.18 Å². The van der Waals surface area contributed by atoms with Gasteiger partial charge in [-0.15, -0.1) is 0 Å². The number of likely N-dealkylation sites (tertiary alicyclic amines) is 1. The summed E-state index contributed by atoms with van der Waals surface area (Å²) in [7, 11) is 0. The first-order chi connectivity index (χ1) is 9.04. The van der Waals surface area contributed by atoms with Crippen molar-refractivity contribution in [3.63, 3.8) is 0 Å². The van der Waals surface area contributed by atoms with Gasteiger partial charge in [-0.3, -0.25) is 4.79 Å². The van der Waals surface area contributed by atoms with Crippen LogP contribution in [0.15, 0.2) is 24.3 Å². The Labute approximate surface area is 113 Å². The molecule has 0 aliphatic carbocycles. The number of ether oxygens (including phenoxy) is 1. The average molecular weight is 265 g/mol. The lowest BCUT2D eigenvalue weighted by Gasteiger charge is -2.34. The monoisotopic (exact) mass is 265 g/mol. The molecule has 0 aromatic heterocycles. The van der Waals surface area contributed by atoms with Gasteiger partial charge in [0.25, 0.3) is 5.91 Å². The Morgan fingerprint density at radius 2 is 1.84 bits per heavy atom. The minimum absolute atomic E-state index is 0.00252. The number of nitrogens with zero attached hydrogens (tertiary/aromatic N) is 1. The van der Waals surface area contributed by atoms with Gasteiger partial charge < -0.3 is 9.64 Å². The maximum absolute atomic E-state index is 12.7. The summed E-state index contributed by atoms with van der Waals surface area (Å²) in [4.78, 5) is 13.9. The third-order valence-electron chi connectivity index (χ3n) is 3.40. The van der Waals surface area contributed by atoms with Crippen molar-refractivity contribution in [1.82, 2.24) is 4.90 Å². The van der Waals surface area contributed by atoms with E-state index in [0.29, 0.717) is 17.6 Å². The second-order valence-corrected chi connectivity index (χ2v) is 5.49. The molecule has 3 nitrogen and oxygen atoms in total. The Hall–Kier alpha value is -1.58. The molecule has 1 aromatic rings. The number of carbonyl (C=O) groups excluding carboxylic acids is 1. The predicted octanol–water partition coefficient (Wildman–Crippen LogP) is 2.71. The summed E-state index contributed by atoms with van der Waals surface area (Å²) in [6.45, 7) is 5.95. The number of hydrogen-bond acceptors (Lipinski definition) is 2. The molecule has 2 atom stereocenters. The van der Waals surface area contributed by atoms with Gasteiger partial charge in [-0.1, -0.05) is 13.8 Å². The number of amides is 1. The SMILES string of the molecule is CC1CC(C)CN(C(=O)COc2ccc(F)cc2)C1. The van der Waals surface area contributed by atoms with Crippen molar-refractivity contribution in [3.05, 3.63) is 30.1 Å². The van der Waals surface area contributed by atoms with E-state index in [4.69, 9.17) is 4.74 Å². The molecular formula is C15H20FNO2. The average Bonchev–Trinajstić information content (AvgIpc) is 2.36. The molecule has 0 saturated carbocycles. The largest absolute Gasteiger partial charge is 0.484 e. The molecule has 1 aliphatic rings. The van der Waals surface area contributed by atoms with Crippen LogP contribution in [0.4, 0.5) is 4.39 Å². The first kappa shape index (κ1) is 13.8. The van der Waals surface area contributed by atoms with Gasteiger partial charge in [0.15, 0.2) is 6.61 Å². The molecule has 1 fully saturated rings. The Kier molecular flexibility index (Phi) is 4.40. The number of piperidine rings is 1. The van der Waals surface area contributed by atoms with Crippen molar-refractivity contribution in [3.8, 4) is 5.75 Å². The first-order valence-corrected chi connectivity index (χ1v) is 6.70. The Balaban J connectivity index is 1.85. The molecule has 19 heavy (non-hydrogen) atoms. The van der Waals surface area contributed by atoms with E-state index in [2.05, 4.69) is 13.8 Å². The van der Waals surface area contributed by atoms with E-state index in [0.717, 1.165) is 13.1 Å². The van der Waals surface area contributed by atoms with Gasteiger partial charge in [0.05, 0.1) is 0 Å². The zero-order valence-corrected chi connectivity index (χ0v) is 11.4. The molecule has 0 spiro atoms. The number of hydrogen-bond donors (Lipinski definition) is 0. The molecule has 4 heteroatoms. The summed E-state index contributed by atoms with van der Waals surface area (Å²) in [5.74, 6) is 1.30. The predicted molar refractivity (Wildman–Crippen MR) is 71.4 cm³/mol. The molecule has 104 valence electrons. The maximum atomic E-state index is 12.7. The van der Waals surface area contributed by atoms with Crippen LogP contribution in [0.5, 0.6) is 5.75 Å². The Bertz CT molecular complexity index is 422. The standard InChI is InChI=1S/C15H20FNO2/c1-11-7-12(2)9-17(8-11)15(18)10-19-14-5-3-13(16)4-6-14/h3-6,11-12H,7-10H2,1-2H3. The van der Waals surface area contributed by atoms with E-state index in [1.165, 1.54) is 30.7 Å². The molecular weight excluding hydrogens is 245 g/mol. The molecule has 0 radical (unpaired) electrons. The lowest BCUT2D eigenvalue weighted by molar-refractivity contribution is -0.136. The highest BCUT2D eigenvalue weighted by Gasteiger charge is 2.25. The van der Waals surface area contributed by atoms with E-state index in [1.807, 2.05) is 4.90 Å². The summed E-state index contributed by atoms with van der Waals surface area (Å²) in [6, 6.07) is 5.71. The fourth-order valence-electron chi connectivity index (χ4n) is 2.63. The van der Waals surface area contributed by atoms with Crippen LogP contribution in [0.3, 0.4) is 0 Å². The molecule has 1 heterocycles. The zero-order valence-electron chi connectivity index (χ0n) is 11.4. The van der Waals surface area contributed by atoms with Crippen LogP contribution in [0.25, 0.3) is 0 Å². The minimum Gasteiger partial charge on any atom is -0.484 e. The summed E-state index contributed by atoms with van der Waals surface area (Å²) in [5, 5.41) is 0. The number of benzene rings is 1. The lowest BCUT2D eigenvalue weighted by Crippen LogP contribution is -2.44. The van der Waals surface area contributed by atoms with Gasteiger partial charge in [0.2, 0.25) is 0 Å². The highest BCUT2D eigenvalue weighted by molar-refractivity contribution is 5.77. The number of rotatable bonds is 3. The molecule has 0 bridgehead atoms. The minimum atomic E-state index is -0.308. The molecule has 0 N–H and O–H groups in total. The Morgan fingerprint density at radius 3 is 2.42 bits per heavy atom. The molecule has 2 rings (SSSR count). The van der Waals surface area contributed by atoms with E-state index < -0.39 is 0 Å². The van der Waals surface area contributed by atoms with Crippen LogP contribution in [0.1, 0.15) is 20.3 Å². The summed E-state index contributed by atoms with van der Waals surface area (Å²) in [6.07, 6.45) is 1.17. The second-order valence-electron chi connectivity index (χ2n) is 5.49. The summed E-state index contributed by atoms with van der Waals surface area (Å²) >= 11 is 0. The maximum Gasteiger partial charge on any atom is 0.260 e. The number of carbonyl (C=O) groups is 1. The fourth-order valence-corrected chi connectivity index (χ4v) is 2.63.